The predicted octanol–water partition coefficient (Wildman–Crippen LogP) is 5.02. The summed E-state index contributed by atoms with van der Waals surface area (Å²) in [7, 11) is 0. The van der Waals surface area contributed by atoms with Crippen molar-refractivity contribution >= 4 is 17.6 Å². The SMILES string of the molecule is Cc1ccccc1C(F)(F)c1cccc(C=N[S@+]([O-])C(C)(C)C)c1. The summed E-state index contributed by atoms with van der Waals surface area (Å²) in [5, 5.41) is 0. The molecule has 0 heterocycles. The standard InChI is InChI=1S/C19H21F2NOS/c1-14-8-5-6-11-17(14)19(20,21)16-10-7-9-15(12-16)13-22-24(23)18(2,3)4/h5-13H,1-4H3/t24-/m1/s1. The third kappa shape index (κ3) is 4.22. The van der Waals surface area contributed by atoms with Gasteiger partial charge in [-0.05, 0) is 44.9 Å². The van der Waals surface area contributed by atoms with E-state index < -0.39 is 22.0 Å². The summed E-state index contributed by atoms with van der Waals surface area (Å²) in [6.07, 6.45) is 1.39. The van der Waals surface area contributed by atoms with Crippen LogP contribution in [-0.2, 0) is 17.3 Å². The van der Waals surface area contributed by atoms with E-state index in [0.717, 1.165) is 0 Å². The van der Waals surface area contributed by atoms with Crippen molar-refractivity contribution < 1.29 is 13.3 Å². The van der Waals surface area contributed by atoms with Crippen molar-refractivity contribution in [2.75, 3.05) is 0 Å². The lowest BCUT2D eigenvalue weighted by molar-refractivity contribution is 0.0421. The Labute approximate surface area is 144 Å². The van der Waals surface area contributed by atoms with E-state index in [1.54, 1.807) is 37.3 Å². The highest BCUT2D eigenvalue weighted by atomic mass is 32.2. The molecule has 0 fully saturated rings. The Bertz CT molecular complexity index is 738. The van der Waals surface area contributed by atoms with E-state index >= 15 is 0 Å². The van der Waals surface area contributed by atoms with Crippen LogP contribution < -0.4 is 0 Å². The van der Waals surface area contributed by atoms with Gasteiger partial charge in [-0.2, -0.15) is 8.78 Å². The predicted molar refractivity (Wildman–Crippen MR) is 96.1 cm³/mol. The van der Waals surface area contributed by atoms with Gasteiger partial charge in [0.15, 0.2) is 0 Å². The Hall–Kier alpha value is -1.72. The molecule has 0 radical (unpaired) electrons. The molecule has 0 aliphatic heterocycles. The molecule has 2 nitrogen and oxygen atoms in total. The number of hydrogen-bond donors (Lipinski definition) is 0. The molecule has 0 amide bonds. The maximum absolute atomic E-state index is 14.8. The first-order chi connectivity index (χ1) is 11.1. The Morgan fingerprint density at radius 1 is 1.04 bits per heavy atom. The average molecular weight is 349 g/mol. The van der Waals surface area contributed by atoms with Crippen molar-refractivity contribution in [2.24, 2.45) is 4.40 Å². The highest BCUT2D eigenvalue weighted by Gasteiger charge is 2.35. The molecule has 0 aliphatic carbocycles. The zero-order valence-electron chi connectivity index (χ0n) is 14.2. The fourth-order valence-electron chi connectivity index (χ4n) is 2.16. The number of alkyl halides is 2. The topological polar surface area (TPSA) is 35.4 Å². The summed E-state index contributed by atoms with van der Waals surface area (Å²) in [6, 6.07) is 12.4. The van der Waals surface area contributed by atoms with E-state index in [-0.39, 0.29) is 11.1 Å². The first kappa shape index (κ1) is 18.6. The fourth-order valence-corrected chi connectivity index (χ4v) is 2.70. The molecule has 0 spiro atoms. The molecule has 5 heteroatoms. The largest absolute Gasteiger partial charge is 0.591 e. The van der Waals surface area contributed by atoms with Crippen molar-refractivity contribution in [3.8, 4) is 0 Å². The minimum absolute atomic E-state index is 0.0163. The molecule has 0 aliphatic rings. The van der Waals surface area contributed by atoms with Crippen LogP contribution in [0.2, 0.25) is 0 Å². The number of nitrogens with zero attached hydrogens (tertiary/aromatic N) is 1. The van der Waals surface area contributed by atoms with Gasteiger partial charge in [-0.25, -0.2) is 0 Å². The van der Waals surface area contributed by atoms with Crippen LogP contribution in [0.15, 0.2) is 52.9 Å². The molecule has 2 rings (SSSR count). The molecule has 2 aromatic carbocycles. The third-order valence-corrected chi connectivity index (χ3v) is 4.90. The van der Waals surface area contributed by atoms with Crippen molar-refractivity contribution in [3.05, 3.63) is 70.8 Å². The summed E-state index contributed by atoms with van der Waals surface area (Å²) in [6.45, 7) is 7.09. The molecule has 128 valence electrons. The first-order valence-electron chi connectivity index (χ1n) is 7.63. The molecule has 0 N–H and O–H groups in total. The summed E-state index contributed by atoms with van der Waals surface area (Å²) >= 11 is -1.42. The van der Waals surface area contributed by atoms with Gasteiger partial charge in [-0.3, -0.25) is 0 Å². The Morgan fingerprint density at radius 2 is 1.71 bits per heavy atom. The lowest BCUT2D eigenvalue weighted by atomic mass is 9.95. The summed E-state index contributed by atoms with van der Waals surface area (Å²) in [4.78, 5) is 0. The molecule has 0 saturated heterocycles. The molecular formula is C19H21F2NOS. The summed E-state index contributed by atoms with van der Waals surface area (Å²) in [5.41, 5.74) is 0.911. The highest BCUT2D eigenvalue weighted by Crippen LogP contribution is 2.37. The average Bonchev–Trinajstić information content (AvgIpc) is 2.52. The second-order valence-corrected chi connectivity index (χ2v) is 8.54. The molecule has 2 aromatic rings. The van der Waals surface area contributed by atoms with Gasteiger partial charge in [0.1, 0.15) is 16.1 Å². The second kappa shape index (κ2) is 7.03. The van der Waals surface area contributed by atoms with Gasteiger partial charge in [0.05, 0.1) is 6.21 Å². The third-order valence-electron chi connectivity index (χ3n) is 3.55. The lowest BCUT2D eigenvalue weighted by Gasteiger charge is -2.20. The Kier molecular flexibility index (Phi) is 5.45. The number of halogens is 2. The van der Waals surface area contributed by atoms with Gasteiger partial charge in [0, 0.05) is 11.1 Å². The Balaban J connectivity index is 2.34. The van der Waals surface area contributed by atoms with Gasteiger partial charge in [0.2, 0.25) is 0 Å². The highest BCUT2D eigenvalue weighted by molar-refractivity contribution is 7.91. The van der Waals surface area contributed by atoms with Gasteiger partial charge in [-0.1, -0.05) is 46.9 Å². The van der Waals surface area contributed by atoms with Crippen LogP contribution in [0.5, 0.6) is 0 Å². The van der Waals surface area contributed by atoms with E-state index in [1.165, 1.54) is 24.4 Å². The summed E-state index contributed by atoms with van der Waals surface area (Å²) < 4.78 is 45.1. The normalized spacial score (nSPS) is 14.1. The molecular weight excluding hydrogens is 328 g/mol. The Morgan fingerprint density at radius 3 is 2.33 bits per heavy atom. The van der Waals surface area contributed by atoms with Gasteiger partial charge in [-0.15, -0.1) is 0 Å². The van der Waals surface area contributed by atoms with Crippen LogP contribution in [-0.4, -0.2) is 15.5 Å². The molecule has 0 bridgehead atoms. The van der Waals surface area contributed by atoms with Crippen molar-refractivity contribution in [3.63, 3.8) is 0 Å². The van der Waals surface area contributed by atoms with Crippen molar-refractivity contribution in [1.29, 1.82) is 0 Å². The fraction of sp³-hybridized carbons (Fsp3) is 0.316. The maximum Gasteiger partial charge on any atom is 0.298 e. The molecule has 0 aromatic heterocycles. The minimum Gasteiger partial charge on any atom is -0.591 e. The van der Waals surface area contributed by atoms with Crippen molar-refractivity contribution in [1.82, 2.24) is 0 Å². The van der Waals surface area contributed by atoms with Crippen LogP contribution in [0.4, 0.5) is 8.78 Å². The quantitative estimate of drug-likeness (QED) is 0.564. The van der Waals surface area contributed by atoms with Crippen LogP contribution in [0.3, 0.4) is 0 Å². The van der Waals surface area contributed by atoms with E-state index in [0.29, 0.717) is 11.1 Å². The zero-order valence-corrected chi connectivity index (χ0v) is 15.0. The minimum atomic E-state index is -3.10. The van der Waals surface area contributed by atoms with Crippen LogP contribution in [0.25, 0.3) is 0 Å². The van der Waals surface area contributed by atoms with Gasteiger partial charge >= 0.3 is 0 Å². The first-order valence-corrected chi connectivity index (χ1v) is 8.73. The van der Waals surface area contributed by atoms with Crippen LogP contribution in [0, 0.1) is 6.92 Å². The van der Waals surface area contributed by atoms with Crippen LogP contribution in [0.1, 0.15) is 43.0 Å². The number of benzene rings is 2. The molecule has 0 unspecified atom stereocenters. The number of aryl methyl sites for hydroxylation is 1. The smallest absolute Gasteiger partial charge is 0.298 e. The molecule has 24 heavy (non-hydrogen) atoms. The molecule has 0 saturated carbocycles. The van der Waals surface area contributed by atoms with Crippen molar-refractivity contribution in [2.45, 2.75) is 38.4 Å². The number of rotatable bonds is 4. The maximum atomic E-state index is 14.8. The zero-order chi connectivity index (χ0) is 18.0. The van der Waals surface area contributed by atoms with E-state index in [2.05, 4.69) is 4.40 Å². The summed E-state index contributed by atoms with van der Waals surface area (Å²) in [5.74, 6) is -3.10. The van der Waals surface area contributed by atoms with E-state index in [4.69, 9.17) is 0 Å². The van der Waals surface area contributed by atoms with E-state index in [1.807, 2.05) is 20.8 Å². The second-order valence-electron chi connectivity index (χ2n) is 6.61. The van der Waals surface area contributed by atoms with Crippen LogP contribution >= 0.6 is 0 Å². The number of hydrogen-bond acceptors (Lipinski definition) is 2. The van der Waals surface area contributed by atoms with Gasteiger partial charge in [0.25, 0.3) is 5.92 Å². The molecule has 1 atom stereocenters. The lowest BCUT2D eigenvalue weighted by Crippen LogP contribution is -2.25. The monoisotopic (exact) mass is 349 g/mol. The van der Waals surface area contributed by atoms with Gasteiger partial charge < -0.3 is 4.55 Å². The van der Waals surface area contributed by atoms with E-state index in [9.17, 15) is 13.3 Å².